The summed E-state index contributed by atoms with van der Waals surface area (Å²) in [5, 5.41) is 0. The molecule has 0 aromatic heterocycles. The Kier molecular flexibility index (Phi) is 3.99. The third-order valence-electron chi connectivity index (χ3n) is 3.81. The van der Waals surface area contributed by atoms with Crippen molar-refractivity contribution in [3.05, 3.63) is 30.1 Å². The maximum atomic E-state index is 12.8. The predicted molar refractivity (Wildman–Crippen MR) is 70.8 cm³/mol. The summed E-state index contributed by atoms with van der Waals surface area (Å²) in [5.41, 5.74) is 0. The van der Waals surface area contributed by atoms with Crippen LogP contribution in [0.4, 0.5) is 4.39 Å². The molecule has 1 aromatic carbocycles. The lowest BCUT2D eigenvalue weighted by atomic mass is 9.99. The highest BCUT2D eigenvalue weighted by atomic mass is 19.1. The van der Waals surface area contributed by atoms with Crippen LogP contribution in [0.5, 0.6) is 5.75 Å². The Balaban J connectivity index is 1.39. The summed E-state index contributed by atoms with van der Waals surface area (Å²) in [5.74, 6) is 1.22. The Bertz CT molecular complexity index is 397. The van der Waals surface area contributed by atoms with Crippen molar-refractivity contribution in [1.29, 1.82) is 0 Å². The molecule has 4 heteroatoms. The molecule has 0 saturated carbocycles. The van der Waals surface area contributed by atoms with Gasteiger partial charge in [0.25, 0.3) is 0 Å². The molecular formula is C15H20FNO2. The van der Waals surface area contributed by atoms with E-state index in [9.17, 15) is 4.39 Å². The third-order valence-corrected chi connectivity index (χ3v) is 3.81. The van der Waals surface area contributed by atoms with Crippen LogP contribution < -0.4 is 4.74 Å². The minimum absolute atomic E-state index is 0.222. The first-order valence-electron chi connectivity index (χ1n) is 7.02. The molecule has 0 N–H and O–H groups in total. The van der Waals surface area contributed by atoms with Crippen LogP contribution in [-0.2, 0) is 4.74 Å². The Morgan fingerprint density at radius 3 is 2.74 bits per heavy atom. The number of benzene rings is 1. The van der Waals surface area contributed by atoms with E-state index in [1.807, 2.05) is 0 Å². The SMILES string of the molecule is Fc1ccc(OC2CN(C[C@H]3CCCOC3)C2)cc1. The van der Waals surface area contributed by atoms with E-state index in [1.165, 1.54) is 25.0 Å². The van der Waals surface area contributed by atoms with Gasteiger partial charge in [-0.3, -0.25) is 4.90 Å². The third kappa shape index (κ3) is 3.45. The van der Waals surface area contributed by atoms with Crippen LogP contribution in [0.25, 0.3) is 0 Å². The minimum Gasteiger partial charge on any atom is -0.488 e. The second-order valence-electron chi connectivity index (χ2n) is 5.50. The number of halogens is 1. The second-order valence-corrected chi connectivity index (χ2v) is 5.50. The second kappa shape index (κ2) is 5.88. The summed E-state index contributed by atoms with van der Waals surface area (Å²) in [6, 6.07) is 6.25. The smallest absolute Gasteiger partial charge is 0.124 e. The van der Waals surface area contributed by atoms with Crippen LogP contribution in [0.2, 0.25) is 0 Å². The van der Waals surface area contributed by atoms with Gasteiger partial charge in [-0.1, -0.05) is 0 Å². The lowest BCUT2D eigenvalue weighted by Gasteiger charge is -2.41. The molecule has 0 amide bonds. The topological polar surface area (TPSA) is 21.7 Å². The number of likely N-dealkylation sites (tertiary alicyclic amines) is 1. The first kappa shape index (κ1) is 12.9. The van der Waals surface area contributed by atoms with Gasteiger partial charge in [0.05, 0.1) is 6.61 Å². The lowest BCUT2D eigenvalue weighted by Crippen LogP contribution is -2.55. The van der Waals surface area contributed by atoms with E-state index in [-0.39, 0.29) is 11.9 Å². The molecule has 0 radical (unpaired) electrons. The monoisotopic (exact) mass is 265 g/mol. The van der Waals surface area contributed by atoms with Crippen molar-refractivity contribution in [1.82, 2.24) is 4.90 Å². The molecule has 19 heavy (non-hydrogen) atoms. The normalized spacial score (nSPS) is 25.0. The highest BCUT2D eigenvalue weighted by Crippen LogP contribution is 2.21. The fourth-order valence-corrected chi connectivity index (χ4v) is 2.77. The molecule has 104 valence electrons. The molecule has 3 nitrogen and oxygen atoms in total. The van der Waals surface area contributed by atoms with Crippen molar-refractivity contribution in [2.45, 2.75) is 18.9 Å². The van der Waals surface area contributed by atoms with Crippen molar-refractivity contribution in [2.24, 2.45) is 5.92 Å². The molecule has 2 heterocycles. The molecular weight excluding hydrogens is 245 g/mol. The quantitative estimate of drug-likeness (QED) is 0.834. The summed E-state index contributed by atoms with van der Waals surface area (Å²) < 4.78 is 24.0. The largest absolute Gasteiger partial charge is 0.488 e. The van der Waals surface area contributed by atoms with E-state index in [0.717, 1.165) is 38.6 Å². The number of hydrogen-bond donors (Lipinski definition) is 0. The summed E-state index contributed by atoms with van der Waals surface area (Å²) in [4.78, 5) is 2.41. The summed E-state index contributed by atoms with van der Waals surface area (Å²) in [6.45, 7) is 4.87. The van der Waals surface area contributed by atoms with Crippen molar-refractivity contribution in [3.8, 4) is 5.75 Å². The average Bonchev–Trinajstić information content (AvgIpc) is 2.40. The molecule has 0 bridgehead atoms. The van der Waals surface area contributed by atoms with E-state index in [4.69, 9.17) is 9.47 Å². The van der Waals surface area contributed by atoms with E-state index >= 15 is 0 Å². The van der Waals surface area contributed by atoms with E-state index in [0.29, 0.717) is 5.92 Å². The molecule has 3 rings (SSSR count). The predicted octanol–water partition coefficient (Wildman–Crippen LogP) is 2.32. The number of rotatable bonds is 4. The van der Waals surface area contributed by atoms with Crippen LogP contribution in [0, 0.1) is 11.7 Å². The molecule has 1 atom stereocenters. The summed E-state index contributed by atoms with van der Waals surface area (Å²) in [6.07, 6.45) is 2.71. The van der Waals surface area contributed by atoms with Crippen LogP contribution in [0.3, 0.4) is 0 Å². The molecule has 0 spiro atoms. The van der Waals surface area contributed by atoms with Crippen LogP contribution in [-0.4, -0.2) is 43.9 Å². The van der Waals surface area contributed by atoms with Gasteiger partial charge in [0.2, 0.25) is 0 Å². The standard InChI is InChI=1S/C15H20FNO2/c16-13-3-5-14(6-4-13)19-15-9-17(10-15)8-12-2-1-7-18-11-12/h3-6,12,15H,1-2,7-11H2/t12-/m1/s1. The van der Waals surface area contributed by atoms with Crippen molar-refractivity contribution < 1.29 is 13.9 Å². The first-order valence-corrected chi connectivity index (χ1v) is 7.02. The van der Waals surface area contributed by atoms with Gasteiger partial charge in [-0.05, 0) is 43.0 Å². The Morgan fingerprint density at radius 2 is 2.05 bits per heavy atom. The Labute approximate surface area is 113 Å². The van der Waals surface area contributed by atoms with E-state index in [1.54, 1.807) is 12.1 Å². The zero-order chi connectivity index (χ0) is 13.1. The Hall–Kier alpha value is -1.13. The molecule has 2 fully saturated rings. The number of hydrogen-bond acceptors (Lipinski definition) is 3. The van der Waals surface area contributed by atoms with Crippen molar-refractivity contribution >= 4 is 0 Å². The summed E-state index contributed by atoms with van der Waals surface area (Å²) in [7, 11) is 0. The van der Waals surface area contributed by atoms with Crippen LogP contribution in [0.15, 0.2) is 24.3 Å². The number of nitrogens with zero attached hydrogens (tertiary/aromatic N) is 1. The molecule has 1 aromatic rings. The summed E-state index contributed by atoms with van der Waals surface area (Å²) >= 11 is 0. The van der Waals surface area contributed by atoms with Crippen molar-refractivity contribution in [2.75, 3.05) is 32.8 Å². The lowest BCUT2D eigenvalue weighted by molar-refractivity contribution is -0.0171. The maximum absolute atomic E-state index is 12.8. The highest BCUT2D eigenvalue weighted by molar-refractivity contribution is 5.22. The maximum Gasteiger partial charge on any atom is 0.124 e. The van der Waals surface area contributed by atoms with Gasteiger partial charge in [0.15, 0.2) is 0 Å². The number of ether oxygens (including phenoxy) is 2. The zero-order valence-corrected chi connectivity index (χ0v) is 11.1. The van der Waals surface area contributed by atoms with E-state index < -0.39 is 0 Å². The average molecular weight is 265 g/mol. The van der Waals surface area contributed by atoms with Gasteiger partial charge >= 0.3 is 0 Å². The first-order chi connectivity index (χ1) is 9.29. The molecule has 2 saturated heterocycles. The van der Waals surface area contributed by atoms with Crippen LogP contribution in [0.1, 0.15) is 12.8 Å². The van der Waals surface area contributed by atoms with Crippen molar-refractivity contribution in [3.63, 3.8) is 0 Å². The minimum atomic E-state index is -0.222. The van der Waals surface area contributed by atoms with Crippen LogP contribution >= 0.6 is 0 Å². The molecule has 2 aliphatic heterocycles. The molecule has 2 aliphatic rings. The molecule has 0 aliphatic carbocycles. The Morgan fingerprint density at radius 1 is 1.26 bits per heavy atom. The fourth-order valence-electron chi connectivity index (χ4n) is 2.77. The van der Waals surface area contributed by atoms with Gasteiger partial charge in [-0.25, -0.2) is 4.39 Å². The van der Waals surface area contributed by atoms with Gasteiger partial charge in [0, 0.05) is 26.2 Å². The van der Waals surface area contributed by atoms with Gasteiger partial charge < -0.3 is 9.47 Å². The zero-order valence-electron chi connectivity index (χ0n) is 11.1. The van der Waals surface area contributed by atoms with Gasteiger partial charge in [-0.2, -0.15) is 0 Å². The van der Waals surface area contributed by atoms with Gasteiger partial charge in [-0.15, -0.1) is 0 Å². The van der Waals surface area contributed by atoms with Gasteiger partial charge in [0.1, 0.15) is 17.7 Å². The highest BCUT2D eigenvalue weighted by Gasteiger charge is 2.30. The van der Waals surface area contributed by atoms with E-state index in [2.05, 4.69) is 4.90 Å². The fraction of sp³-hybridized carbons (Fsp3) is 0.600. The molecule has 0 unspecified atom stereocenters.